The molecule has 0 aliphatic carbocycles. The molecule has 0 radical (unpaired) electrons. The van der Waals surface area contributed by atoms with Gasteiger partial charge in [0.1, 0.15) is 0 Å². The molecule has 5 nitrogen and oxygen atoms in total. The maximum absolute atomic E-state index is 11.0. The molecule has 1 unspecified atom stereocenters. The van der Waals surface area contributed by atoms with E-state index in [1.807, 2.05) is 0 Å². The Labute approximate surface area is 95.1 Å². The lowest BCUT2D eigenvalue weighted by Gasteiger charge is -2.12. The largest absolute Gasteiger partial charge is 0.381 e. The van der Waals surface area contributed by atoms with E-state index in [1.54, 1.807) is 12.1 Å². The van der Waals surface area contributed by atoms with Crippen LogP contribution < -0.4 is 15.8 Å². The van der Waals surface area contributed by atoms with Gasteiger partial charge in [0.2, 0.25) is 10.0 Å². The molecule has 0 aromatic heterocycles. The summed E-state index contributed by atoms with van der Waals surface area (Å²) in [6.45, 7) is 1.96. The average Bonchev–Trinajstić information content (AvgIpc) is 2.70. The van der Waals surface area contributed by atoms with Crippen LogP contribution in [0.4, 0.5) is 5.69 Å². The molecule has 6 heteroatoms. The molecule has 4 N–H and O–H groups in total. The predicted octanol–water partition coefficient (Wildman–Crippen LogP) is 0.108. The molecule has 1 aromatic rings. The Balaban J connectivity index is 2.07. The zero-order valence-electron chi connectivity index (χ0n) is 8.81. The first kappa shape index (κ1) is 11.4. The third kappa shape index (κ3) is 2.72. The molecule has 1 fully saturated rings. The van der Waals surface area contributed by atoms with E-state index < -0.39 is 10.0 Å². The highest BCUT2D eigenvalue weighted by molar-refractivity contribution is 7.89. The molecule has 1 heterocycles. The van der Waals surface area contributed by atoms with Crippen molar-refractivity contribution < 1.29 is 8.42 Å². The summed E-state index contributed by atoms with van der Waals surface area (Å²) in [4.78, 5) is 0.141. The molecular formula is C10H15N3O2S. The number of hydrogen-bond acceptors (Lipinski definition) is 4. The second-order valence-electron chi connectivity index (χ2n) is 3.90. The topological polar surface area (TPSA) is 84.2 Å². The van der Waals surface area contributed by atoms with E-state index >= 15 is 0 Å². The van der Waals surface area contributed by atoms with E-state index in [0.29, 0.717) is 6.04 Å². The van der Waals surface area contributed by atoms with E-state index in [1.165, 1.54) is 12.1 Å². The van der Waals surface area contributed by atoms with Crippen LogP contribution in [-0.4, -0.2) is 27.5 Å². The van der Waals surface area contributed by atoms with Crippen LogP contribution in [0.25, 0.3) is 0 Å². The number of benzene rings is 1. The third-order valence-corrected chi connectivity index (χ3v) is 3.54. The molecule has 1 aliphatic heterocycles. The van der Waals surface area contributed by atoms with Crippen LogP contribution in [0.2, 0.25) is 0 Å². The fraction of sp³-hybridized carbons (Fsp3) is 0.400. The molecule has 0 spiro atoms. The highest BCUT2D eigenvalue weighted by Crippen LogP contribution is 2.15. The summed E-state index contributed by atoms with van der Waals surface area (Å²) in [6.07, 6.45) is 1.08. The van der Waals surface area contributed by atoms with Gasteiger partial charge in [-0.1, -0.05) is 0 Å². The maximum Gasteiger partial charge on any atom is 0.238 e. The highest BCUT2D eigenvalue weighted by Gasteiger charge is 2.14. The fourth-order valence-electron chi connectivity index (χ4n) is 1.75. The Morgan fingerprint density at radius 3 is 2.50 bits per heavy atom. The van der Waals surface area contributed by atoms with Crippen LogP contribution in [-0.2, 0) is 10.0 Å². The van der Waals surface area contributed by atoms with Crippen LogP contribution >= 0.6 is 0 Å². The van der Waals surface area contributed by atoms with Crippen molar-refractivity contribution in [3.63, 3.8) is 0 Å². The Bertz CT molecular complexity index is 449. The van der Waals surface area contributed by atoms with E-state index in [9.17, 15) is 8.42 Å². The number of hydrogen-bond donors (Lipinski definition) is 3. The van der Waals surface area contributed by atoms with Crippen LogP contribution in [0.5, 0.6) is 0 Å². The maximum atomic E-state index is 11.0. The van der Waals surface area contributed by atoms with Gasteiger partial charge < -0.3 is 10.6 Å². The van der Waals surface area contributed by atoms with Crippen molar-refractivity contribution in [1.29, 1.82) is 0 Å². The molecule has 1 aliphatic rings. The summed E-state index contributed by atoms with van der Waals surface area (Å²) < 4.78 is 22.1. The first-order valence-corrected chi connectivity index (χ1v) is 6.70. The quantitative estimate of drug-likeness (QED) is 0.701. The second kappa shape index (κ2) is 4.40. The van der Waals surface area contributed by atoms with Gasteiger partial charge in [0.25, 0.3) is 0 Å². The van der Waals surface area contributed by atoms with Crippen LogP contribution in [0.15, 0.2) is 29.2 Å². The van der Waals surface area contributed by atoms with Crippen molar-refractivity contribution in [1.82, 2.24) is 5.32 Å². The molecule has 0 amide bonds. The van der Waals surface area contributed by atoms with Gasteiger partial charge in [-0.15, -0.1) is 0 Å². The van der Waals surface area contributed by atoms with Crippen molar-refractivity contribution in [2.45, 2.75) is 17.4 Å². The van der Waals surface area contributed by atoms with Gasteiger partial charge in [0.15, 0.2) is 0 Å². The van der Waals surface area contributed by atoms with Crippen molar-refractivity contribution in [2.75, 3.05) is 18.4 Å². The molecule has 88 valence electrons. The number of primary sulfonamides is 1. The first-order chi connectivity index (χ1) is 7.55. The molecule has 1 saturated heterocycles. The summed E-state index contributed by atoms with van der Waals surface area (Å²) in [5.41, 5.74) is 0.918. The van der Waals surface area contributed by atoms with E-state index in [2.05, 4.69) is 10.6 Å². The summed E-state index contributed by atoms with van der Waals surface area (Å²) >= 11 is 0. The van der Waals surface area contributed by atoms with Gasteiger partial charge in [0.05, 0.1) is 4.90 Å². The lowest BCUT2D eigenvalue weighted by molar-refractivity contribution is 0.598. The normalized spacial score (nSPS) is 20.9. The van der Waals surface area contributed by atoms with Gasteiger partial charge in [-0.3, -0.25) is 0 Å². The third-order valence-electron chi connectivity index (χ3n) is 2.61. The minimum atomic E-state index is -3.59. The predicted molar refractivity (Wildman–Crippen MR) is 62.7 cm³/mol. The van der Waals surface area contributed by atoms with Crippen molar-refractivity contribution >= 4 is 15.7 Å². The standard InChI is InChI=1S/C10H15N3O2S/c11-16(14,15)10-3-1-8(2-4-10)13-9-5-6-12-7-9/h1-4,9,12-13H,5-7H2,(H2,11,14,15). The second-order valence-corrected chi connectivity index (χ2v) is 5.46. The fourth-order valence-corrected chi connectivity index (χ4v) is 2.27. The Morgan fingerprint density at radius 2 is 2.00 bits per heavy atom. The summed E-state index contributed by atoms with van der Waals surface area (Å²) in [5.74, 6) is 0. The number of sulfonamides is 1. The van der Waals surface area contributed by atoms with E-state index in [0.717, 1.165) is 25.2 Å². The summed E-state index contributed by atoms with van der Waals surface area (Å²) in [5, 5.41) is 11.6. The Morgan fingerprint density at radius 1 is 1.31 bits per heavy atom. The average molecular weight is 241 g/mol. The van der Waals surface area contributed by atoms with Crippen molar-refractivity contribution in [3.8, 4) is 0 Å². The van der Waals surface area contributed by atoms with Gasteiger partial charge in [0, 0.05) is 18.3 Å². The van der Waals surface area contributed by atoms with Gasteiger partial charge in [-0.25, -0.2) is 13.6 Å². The molecule has 1 aromatic carbocycles. The molecule has 2 rings (SSSR count). The van der Waals surface area contributed by atoms with Gasteiger partial charge in [-0.2, -0.15) is 0 Å². The van der Waals surface area contributed by atoms with Crippen LogP contribution in [0, 0.1) is 0 Å². The minimum absolute atomic E-state index is 0.141. The Hall–Kier alpha value is -1.11. The summed E-state index contributed by atoms with van der Waals surface area (Å²) in [6, 6.07) is 6.91. The van der Waals surface area contributed by atoms with Gasteiger partial charge in [-0.05, 0) is 37.2 Å². The van der Waals surface area contributed by atoms with Crippen molar-refractivity contribution in [3.05, 3.63) is 24.3 Å². The zero-order chi connectivity index (χ0) is 11.6. The molecule has 0 bridgehead atoms. The molecule has 16 heavy (non-hydrogen) atoms. The number of rotatable bonds is 3. The lowest BCUT2D eigenvalue weighted by atomic mass is 10.2. The summed E-state index contributed by atoms with van der Waals surface area (Å²) in [7, 11) is -3.59. The SMILES string of the molecule is NS(=O)(=O)c1ccc(NC2CCNC2)cc1. The van der Waals surface area contributed by atoms with Gasteiger partial charge >= 0.3 is 0 Å². The molecule has 0 saturated carbocycles. The molecule has 1 atom stereocenters. The van der Waals surface area contributed by atoms with Crippen LogP contribution in [0.1, 0.15) is 6.42 Å². The smallest absolute Gasteiger partial charge is 0.238 e. The zero-order valence-corrected chi connectivity index (χ0v) is 9.63. The monoisotopic (exact) mass is 241 g/mol. The number of anilines is 1. The van der Waals surface area contributed by atoms with Crippen LogP contribution in [0.3, 0.4) is 0 Å². The first-order valence-electron chi connectivity index (χ1n) is 5.16. The Kier molecular flexibility index (Phi) is 3.13. The van der Waals surface area contributed by atoms with E-state index in [-0.39, 0.29) is 4.90 Å². The number of nitrogens with one attached hydrogen (secondary N) is 2. The lowest BCUT2D eigenvalue weighted by Crippen LogP contribution is -2.22. The number of nitrogens with two attached hydrogens (primary N) is 1. The highest BCUT2D eigenvalue weighted by atomic mass is 32.2. The minimum Gasteiger partial charge on any atom is -0.381 e. The molecular weight excluding hydrogens is 226 g/mol. The van der Waals surface area contributed by atoms with Crippen molar-refractivity contribution in [2.24, 2.45) is 5.14 Å². The van der Waals surface area contributed by atoms with E-state index in [4.69, 9.17) is 5.14 Å².